The first-order chi connectivity index (χ1) is 8.50. The second kappa shape index (κ2) is 4.69. The summed E-state index contributed by atoms with van der Waals surface area (Å²) in [5.41, 5.74) is -0.0928. The maximum absolute atomic E-state index is 10.9. The normalized spacial score (nSPS) is 11.2. The molecule has 0 aliphatic heterocycles. The summed E-state index contributed by atoms with van der Waals surface area (Å²) < 4.78 is 0. The van der Waals surface area contributed by atoms with Gasteiger partial charge in [-0.1, -0.05) is 0 Å². The smallest absolute Gasteiger partial charge is 0.367 e. The Kier molecular flexibility index (Phi) is 3.24. The minimum Gasteiger partial charge on any atom is -0.367 e. The number of hydrogen-bond acceptors (Lipinski definition) is 6. The van der Waals surface area contributed by atoms with Gasteiger partial charge >= 0.3 is 5.82 Å². The predicted molar refractivity (Wildman–Crippen MR) is 69.7 cm³/mol. The maximum atomic E-state index is 10.9. The van der Waals surface area contributed by atoms with Crippen molar-refractivity contribution in [2.75, 3.05) is 5.32 Å². The van der Waals surface area contributed by atoms with E-state index in [0.29, 0.717) is 5.69 Å². The van der Waals surface area contributed by atoms with Crippen LogP contribution in [0.1, 0.15) is 18.9 Å². The molecule has 0 spiro atoms. The Morgan fingerprint density at radius 2 is 2.17 bits per heavy atom. The molecule has 0 atom stereocenters. The molecule has 6 nitrogen and oxygen atoms in total. The highest BCUT2D eigenvalue weighted by atomic mass is 32.1. The average Bonchev–Trinajstić information content (AvgIpc) is 2.83. The lowest BCUT2D eigenvalue weighted by Crippen LogP contribution is -2.28. The van der Waals surface area contributed by atoms with Crippen molar-refractivity contribution in [3.63, 3.8) is 0 Å². The average molecular weight is 264 g/mol. The molecule has 0 saturated heterocycles. The summed E-state index contributed by atoms with van der Waals surface area (Å²) in [6.07, 6.45) is 3.11. The minimum atomic E-state index is -0.500. The van der Waals surface area contributed by atoms with Gasteiger partial charge in [0.05, 0.1) is 5.54 Å². The lowest BCUT2D eigenvalue weighted by molar-refractivity contribution is -0.388. The Labute approximate surface area is 108 Å². The topological polar surface area (TPSA) is 81.0 Å². The van der Waals surface area contributed by atoms with Crippen LogP contribution in [-0.4, -0.2) is 14.9 Å². The number of anilines is 1. The molecule has 0 aromatic carbocycles. The molecule has 2 aromatic heterocycles. The van der Waals surface area contributed by atoms with E-state index in [9.17, 15) is 10.1 Å². The first kappa shape index (κ1) is 12.4. The molecule has 7 heteroatoms. The summed E-state index contributed by atoms with van der Waals surface area (Å²) in [7, 11) is 0. The van der Waals surface area contributed by atoms with Crippen LogP contribution in [0, 0.1) is 10.1 Å². The van der Waals surface area contributed by atoms with Crippen LogP contribution in [0.5, 0.6) is 0 Å². The van der Waals surface area contributed by atoms with Gasteiger partial charge in [0.15, 0.2) is 0 Å². The van der Waals surface area contributed by atoms with Gasteiger partial charge in [-0.05, 0) is 35.9 Å². The number of hydrogen-bond donors (Lipinski definition) is 1. The molecule has 2 aromatic rings. The van der Waals surface area contributed by atoms with Crippen molar-refractivity contribution >= 4 is 22.8 Å². The number of aromatic nitrogens is 2. The third-order valence-corrected chi connectivity index (χ3v) is 3.47. The highest BCUT2D eigenvalue weighted by Gasteiger charge is 2.26. The summed E-state index contributed by atoms with van der Waals surface area (Å²) in [6, 6.07) is 3.30. The van der Waals surface area contributed by atoms with Crippen LogP contribution in [0.25, 0.3) is 0 Å². The van der Waals surface area contributed by atoms with Crippen LogP contribution in [-0.2, 0) is 5.54 Å². The number of pyridine rings is 1. The Balaban J connectivity index is 2.32. The maximum Gasteiger partial charge on any atom is 0.386 e. The van der Waals surface area contributed by atoms with Crippen molar-refractivity contribution in [2.45, 2.75) is 19.4 Å². The van der Waals surface area contributed by atoms with E-state index < -0.39 is 10.5 Å². The van der Waals surface area contributed by atoms with Crippen molar-refractivity contribution in [3.8, 4) is 0 Å². The quantitative estimate of drug-likeness (QED) is 0.678. The van der Waals surface area contributed by atoms with Crippen LogP contribution >= 0.6 is 11.3 Å². The molecule has 1 N–H and O–H groups in total. The SMILES string of the molecule is CC(C)(Nc1cccnc1[N+](=O)[O-])c1nccs1. The van der Waals surface area contributed by atoms with Crippen LogP contribution in [0.4, 0.5) is 11.5 Å². The first-order valence-corrected chi connectivity index (χ1v) is 6.16. The molecular weight excluding hydrogens is 252 g/mol. The first-order valence-electron chi connectivity index (χ1n) is 5.28. The van der Waals surface area contributed by atoms with E-state index in [2.05, 4.69) is 15.3 Å². The molecule has 0 unspecified atom stereocenters. The van der Waals surface area contributed by atoms with Gasteiger partial charge in [0.2, 0.25) is 0 Å². The number of thiazole rings is 1. The van der Waals surface area contributed by atoms with E-state index in [1.165, 1.54) is 17.5 Å². The van der Waals surface area contributed by atoms with E-state index >= 15 is 0 Å². The van der Waals surface area contributed by atoms with Gasteiger partial charge in [0.1, 0.15) is 16.9 Å². The zero-order valence-electron chi connectivity index (χ0n) is 9.95. The Bertz CT molecular complexity index is 554. The summed E-state index contributed by atoms with van der Waals surface area (Å²) in [4.78, 5) is 18.4. The van der Waals surface area contributed by atoms with E-state index in [0.717, 1.165) is 5.01 Å². The molecule has 94 valence electrons. The van der Waals surface area contributed by atoms with Crippen LogP contribution in [0.2, 0.25) is 0 Å². The standard InChI is InChI=1S/C11H12N4O2S/c1-11(2,10-13-6-7-18-10)14-8-4-3-5-12-9(8)15(16)17/h3-7,14H,1-2H3. The van der Waals surface area contributed by atoms with Crippen molar-refractivity contribution in [2.24, 2.45) is 0 Å². The third-order valence-electron chi connectivity index (χ3n) is 2.37. The molecule has 0 aliphatic rings. The molecule has 0 amide bonds. The number of nitrogens with one attached hydrogen (secondary N) is 1. The largest absolute Gasteiger partial charge is 0.386 e. The lowest BCUT2D eigenvalue weighted by atomic mass is 10.1. The van der Waals surface area contributed by atoms with E-state index in [-0.39, 0.29) is 5.82 Å². The molecule has 2 rings (SSSR count). The summed E-state index contributed by atoms with van der Waals surface area (Å²) in [6.45, 7) is 3.84. The fraction of sp³-hybridized carbons (Fsp3) is 0.273. The molecule has 18 heavy (non-hydrogen) atoms. The van der Waals surface area contributed by atoms with Crippen LogP contribution < -0.4 is 5.32 Å². The van der Waals surface area contributed by atoms with Gasteiger partial charge < -0.3 is 15.4 Å². The molecule has 0 bridgehead atoms. The molecule has 0 saturated carbocycles. The molecule has 0 aliphatic carbocycles. The molecule has 2 heterocycles. The highest BCUT2D eigenvalue weighted by Crippen LogP contribution is 2.30. The Morgan fingerprint density at radius 1 is 1.39 bits per heavy atom. The number of nitro groups is 1. The van der Waals surface area contributed by atoms with E-state index in [4.69, 9.17) is 0 Å². The fourth-order valence-corrected chi connectivity index (χ4v) is 2.28. The monoisotopic (exact) mass is 264 g/mol. The van der Waals surface area contributed by atoms with Crippen LogP contribution in [0.3, 0.4) is 0 Å². The number of nitrogens with zero attached hydrogens (tertiary/aromatic N) is 3. The van der Waals surface area contributed by atoms with Gasteiger partial charge in [-0.3, -0.25) is 0 Å². The molecule has 0 radical (unpaired) electrons. The van der Waals surface area contributed by atoms with Crippen molar-refractivity contribution in [1.82, 2.24) is 9.97 Å². The summed E-state index contributed by atoms with van der Waals surface area (Å²) >= 11 is 1.50. The van der Waals surface area contributed by atoms with Gasteiger partial charge in [-0.25, -0.2) is 4.98 Å². The second-order valence-electron chi connectivity index (χ2n) is 4.22. The summed E-state index contributed by atoms with van der Waals surface area (Å²) in [5, 5.41) is 16.7. The van der Waals surface area contributed by atoms with Crippen LogP contribution in [0.15, 0.2) is 29.9 Å². The zero-order valence-corrected chi connectivity index (χ0v) is 10.8. The van der Waals surface area contributed by atoms with E-state index in [1.807, 2.05) is 19.2 Å². The zero-order chi connectivity index (χ0) is 13.2. The Hall–Kier alpha value is -2.02. The third kappa shape index (κ3) is 2.45. The highest BCUT2D eigenvalue weighted by molar-refractivity contribution is 7.09. The summed E-state index contributed by atoms with van der Waals surface area (Å²) in [5.74, 6) is -0.179. The fourth-order valence-electron chi connectivity index (χ4n) is 1.56. The second-order valence-corrected chi connectivity index (χ2v) is 5.11. The Morgan fingerprint density at radius 3 is 2.78 bits per heavy atom. The van der Waals surface area contributed by atoms with Crippen molar-refractivity contribution in [1.29, 1.82) is 0 Å². The van der Waals surface area contributed by atoms with Crippen molar-refractivity contribution in [3.05, 3.63) is 45.0 Å². The van der Waals surface area contributed by atoms with E-state index in [1.54, 1.807) is 18.3 Å². The molecular formula is C11H12N4O2S. The minimum absolute atomic E-state index is 0.179. The van der Waals surface area contributed by atoms with Gasteiger partial charge in [-0.15, -0.1) is 11.3 Å². The predicted octanol–water partition coefficient (Wildman–Crippen LogP) is 2.79. The van der Waals surface area contributed by atoms with Gasteiger partial charge in [-0.2, -0.15) is 0 Å². The van der Waals surface area contributed by atoms with Crippen molar-refractivity contribution < 1.29 is 4.92 Å². The van der Waals surface area contributed by atoms with Gasteiger partial charge in [0, 0.05) is 11.6 Å². The molecule has 0 fully saturated rings. The number of rotatable bonds is 4. The van der Waals surface area contributed by atoms with Gasteiger partial charge in [0.25, 0.3) is 0 Å². The lowest BCUT2D eigenvalue weighted by Gasteiger charge is -2.24.